The minimum Gasteiger partial charge on any atom is -0.508 e. The zero-order valence-electron chi connectivity index (χ0n) is 21.2. The molecule has 14 heteroatoms. The van der Waals surface area contributed by atoms with Crippen LogP contribution in [0.2, 0.25) is 0 Å². The van der Waals surface area contributed by atoms with Gasteiger partial charge in [0.25, 0.3) is 0 Å². The van der Waals surface area contributed by atoms with Gasteiger partial charge in [-0.25, -0.2) is 4.79 Å². The Balaban J connectivity index is 3.17. The number of carboxylic acids is 2. The molecule has 14 nitrogen and oxygen atoms in total. The van der Waals surface area contributed by atoms with E-state index in [0.717, 1.165) is 0 Å². The highest BCUT2D eigenvalue weighted by Gasteiger charge is 2.31. The third kappa shape index (κ3) is 11.7. The number of amides is 4. The van der Waals surface area contributed by atoms with Crippen molar-refractivity contribution in [2.24, 2.45) is 17.4 Å². The first-order valence-electron chi connectivity index (χ1n) is 11.9. The largest absolute Gasteiger partial charge is 0.508 e. The first-order chi connectivity index (χ1) is 17.7. The number of primary amides is 1. The Kier molecular flexibility index (Phi) is 12.7. The predicted molar refractivity (Wildman–Crippen MR) is 133 cm³/mol. The van der Waals surface area contributed by atoms with Gasteiger partial charge in [0.2, 0.25) is 23.6 Å². The van der Waals surface area contributed by atoms with Crippen LogP contribution in [0.3, 0.4) is 0 Å². The van der Waals surface area contributed by atoms with Crippen LogP contribution in [0.1, 0.15) is 45.1 Å². The van der Waals surface area contributed by atoms with Gasteiger partial charge in [-0.2, -0.15) is 0 Å². The Morgan fingerprint density at radius 3 is 1.87 bits per heavy atom. The molecule has 0 spiro atoms. The van der Waals surface area contributed by atoms with Crippen LogP contribution in [0, 0.1) is 5.92 Å². The highest BCUT2D eigenvalue weighted by Crippen LogP contribution is 2.12. The number of aliphatic carboxylic acids is 2. The molecule has 0 saturated carbocycles. The Morgan fingerprint density at radius 1 is 0.842 bits per heavy atom. The number of nitrogens with two attached hydrogens (primary N) is 2. The minimum atomic E-state index is -1.58. The lowest BCUT2D eigenvalue weighted by molar-refractivity contribution is -0.143. The maximum Gasteiger partial charge on any atom is 0.326 e. The van der Waals surface area contributed by atoms with Crippen LogP contribution in [0.4, 0.5) is 0 Å². The molecule has 0 aliphatic carbocycles. The lowest BCUT2D eigenvalue weighted by atomic mass is 10.0. The Morgan fingerprint density at radius 2 is 1.37 bits per heavy atom. The van der Waals surface area contributed by atoms with Crippen LogP contribution in [0.15, 0.2) is 24.3 Å². The molecule has 0 fully saturated rings. The average molecular weight is 538 g/mol. The van der Waals surface area contributed by atoms with Gasteiger partial charge in [-0.3, -0.25) is 24.0 Å². The number of carboxylic acid groups (broad SMARTS) is 2. The number of carbonyl (C=O) groups is 6. The summed E-state index contributed by atoms with van der Waals surface area (Å²) in [4.78, 5) is 72.5. The normalized spacial score (nSPS) is 14.0. The van der Waals surface area contributed by atoms with E-state index >= 15 is 0 Å². The molecule has 10 N–H and O–H groups in total. The SMILES string of the molecule is CC(C)CC(N)C(=O)NC(CC(=O)O)C(=O)NC(Cc1ccc(O)cc1)C(=O)NC(CCC(N)=O)C(=O)O. The van der Waals surface area contributed by atoms with E-state index in [4.69, 9.17) is 11.5 Å². The lowest BCUT2D eigenvalue weighted by Crippen LogP contribution is -2.58. The number of carbonyl (C=O) groups excluding carboxylic acids is 4. The number of phenolic OH excluding ortho intramolecular Hbond substituents is 1. The van der Waals surface area contributed by atoms with Crippen molar-refractivity contribution < 1.29 is 44.1 Å². The summed E-state index contributed by atoms with van der Waals surface area (Å²) in [6.45, 7) is 3.66. The quantitative estimate of drug-likeness (QED) is 0.122. The van der Waals surface area contributed by atoms with Gasteiger partial charge in [-0.05, 0) is 36.5 Å². The number of phenols is 1. The highest BCUT2D eigenvalue weighted by atomic mass is 16.4. The number of rotatable bonds is 16. The summed E-state index contributed by atoms with van der Waals surface area (Å²) < 4.78 is 0. The Bertz CT molecular complexity index is 1010. The minimum absolute atomic E-state index is 0.0534. The molecule has 0 aliphatic rings. The summed E-state index contributed by atoms with van der Waals surface area (Å²) in [5.41, 5.74) is 11.4. The molecule has 0 heterocycles. The molecule has 0 aliphatic heterocycles. The van der Waals surface area contributed by atoms with E-state index in [-0.39, 0.29) is 37.4 Å². The van der Waals surface area contributed by atoms with Crippen molar-refractivity contribution in [3.63, 3.8) is 0 Å². The Labute approximate surface area is 219 Å². The fourth-order valence-corrected chi connectivity index (χ4v) is 3.44. The van der Waals surface area contributed by atoms with Gasteiger partial charge in [0, 0.05) is 12.8 Å². The number of aromatic hydroxyl groups is 1. The van der Waals surface area contributed by atoms with E-state index in [9.17, 15) is 44.1 Å². The van der Waals surface area contributed by atoms with Gasteiger partial charge in [0.05, 0.1) is 12.5 Å². The van der Waals surface area contributed by atoms with E-state index in [2.05, 4.69) is 16.0 Å². The van der Waals surface area contributed by atoms with E-state index in [1.54, 1.807) is 0 Å². The van der Waals surface area contributed by atoms with Crippen molar-refractivity contribution in [3.8, 4) is 5.75 Å². The van der Waals surface area contributed by atoms with Gasteiger partial charge in [-0.15, -0.1) is 0 Å². The second kappa shape index (κ2) is 15.1. The predicted octanol–water partition coefficient (Wildman–Crippen LogP) is -1.41. The molecule has 4 unspecified atom stereocenters. The van der Waals surface area contributed by atoms with Crippen LogP contribution in [0.25, 0.3) is 0 Å². The molecule has 38 heavy (non-hydrogen) atoms. The van der Waals surface area contributed by atoms with Gasteiger partial charge in [0.1, 0.15) is 23.9 Å². The summed E-state index contributed by atoms with van der Waals surface area (Å²) in [5.74, 6) is -6.33. The molecular weight excluding hydrogens is 502 g/mol. The number of nitrogens with one attached hydrogen (secondary N) is 3. The summed E-state index contributed by atoms with van der Waals surface area (Å²) in [5, 5.41) is 35.1. The monoisotopic (exact) mass is 537 g/mol. The third-order valence-corrected chi connectivity index (χ3v) is 5.38. The zero-order valence-corrected chi connectivity index (χ0v) is 21.2. The van der Waals surface area contributed by atoms with Crippen LogP contribution < -0.4 is 27.4 Å². The molecule has 0 saturated heterocycles. The summed E-state index contributed by atoms with van der Waals surface area (Å²) in [6, 6.07) is 0.0919. The second-order valence-corrected chi connectivity index (χ2v) is 9.23. The maximum atomic E-state index is 13.0. The smallest absolute Gasteiger partial charge is 0.326 e. The molecule has 210 valence electrons. The lowest BCUT2D eigenvalue weighted by Gasteiger charge is -2.25. The molecule has 0 bridgehead atoms. The molecule has 1 rings (SSSR count). The first kappa shape index (κ1) is 31.8. The van der Waals surface area contributed by atoms with E-state index in [1.165, 1.54) is 24.3 Å². The first-order valence-corrected chi connectivity index (χ1v) is 11.9. The third-order valence-electron chi connectivity index (χ3n) is 5.38. The van der Waals surface area contributed by atoms with Crippen molar-refractivity contribution >= 4 is 35.6 Å². The standard InChI is InChI=1S/C24H35N5O9/c1-12(2)9-15(25)21(34)28-18(11-20(32)33)23(36)29-17(10-13-3-5-14(30)6-4-13)22(35)27-16(24(37)38)7-8-19(26)31/h3-6,12,15-18,30H,7-11,25H2,1-2H3,(H2,26,31)(H,27,35)(H,28,34)(H,29,36)(H,32,33)(H,37,38). The highest BCUT2D eigenvalue weighted by molar-refractivity contribution is 5.95. The van der Waals surface area contributed by atoms with Crippen LogP contribution in [-0.4, -0.2) is 75.1 Å². The van der Waals surface area contributed by atoms with Gasteiger partial charge in [0.15, 0.2) is 0 Å². The van der Waals surface area contributed by atoms with Gasteiger partial charge >= 0.3 is 11.9 Å². The number of hydrogen-bond donors (Lipinski definition) is 8. The van der Waals surface area contributed by atoms with Crippen LogP contribution >= 0.6 is 0 Å². The summed E-state index contributed by atoms with van der Waals surface area (Å²) in [7, 11) is 0. The van der Waals surface area contributed by atoms with Crippen molar-refractivity contribution in [1.29, 1.82) is 0 Å². The van der Waals surface area contributed by atoms with Crippen LogP contribution in [0.5, 0.6) is 5.75 Å². The molecule has 4 atom stereocenters. The molecule has 0 aromatic heterocycles. The van der Waals surface area contributed by atoms with Gasteiger partial charge < -0.3 is 42.7 Å². The zero-order chi connectivity index (χ0) is 29.0. The fourth-order valence-electron chi connectivity index (χ4n) is 3.44. The van der Waals surface area contributed by atoms with Crippen molar-refractivity contribution in [1.82, 2.24) is 16.0 Å². The molecular formula is C24H35N5O9. The van der Waals surface area contributed by atoms with E-state index < -0.39 is 66.2 Å². The van der Waals surface area contributed by atoms with Crippen molar-refractivity contribution in [2.45, 2.75) is 70.1 Å². The summed E-state index contributed by atoms with van der Waals surface area (Å²) >= 11 is 0. The summed E-state index contributed by atoms with van der Waals surface area (Å²) in [6.07, 6.45) is -1.34. The second-order valence-electron chi connectivity index (χ2n) is 9.23. The fraction of sp³-hybridized carbons (Fsp3) is 0.500. The maximum absolute atomic E-state index is 13.0. The van der Waals surface area contributed by atoms with Crippen LogP contribution in [-0.2, 0) is 35.2 Å². The Hall–Kier alpha value is -4.20. The number of hydrogen-bond acceptors (Lipinski definition) is 8. The van der Waals surface area contributed by atoms with Gasteiger partial charge in [-0.1, -0.05) is 26.0 Å². The topological polar surface area (TPSA) is 251 Å². The van der Waals surface area contributed by atoms with Crippen molar-refractivity contribution in [3.05, 3.63) is 29.8 Å². The molecule has 0 radical (unpaired) electrons. The average Bonchev–Trinajstić information content (AvgIpc) is 2.80. The van der Waals surface area contributed by atoms with E-state index in [0.29, 0.717) is 5.56 Å². The molecule has 1 aromatic rings. The molecule has 4 amide bonds. The molecule has 1 aromatic carbocycles. The van der Waals surface area contributed by atoms with Crippen molar-refractivity contribution in [2.75, 3.05) is 0 Å². The number of benzene rings is 1. The van der Waals surface area contributed by atoms with E-state index in [1.807, 2.05) is 13.8 Å².